The molecule has 20 heavy (non-hydrogen) atoms. The van der Waals surface area contributed by atoms with Crippen molar-refractivity contribution in [3.8, 4) is 0 Å². The highest BCUT2D eigenvalue weighted by atomic mass is 16.5. The van der Waals surface area contributed by atoms with Gasteiger partial charge in [0.15, 0.2) is 0 Å². The number of unbranched alkanes of at least 4 members (excludes halogenated alkanes) is 1. The Hall–Kier alpha value is -1.86. The molecule has 1 heteroatoms. The average molecular weight is 266 g/mol. The van der Waals surface area contributed by atoms with Gasteiger partial charge >= 0.3 is 0 Å². The van der Waals surface area contributed by atoms with Crippen molar-refractivity contribution in [3.63, 3.8) is 0 Å². The topological polar surface area (TPSA) is 9.23 Å². The van der Waals surface area contributed by atoms with E-state index >= 15 is 0 Å². The van der Waals surface area contributed by atoms with Gasteiger partial charge in [-0.05, 0) is 17.5 Å². The van der Waals surface area contributed by atoms with Gasteiger partial charge in [0.25, 0.3) is 0 Å². The summed E-state index contributed by atoms with van der Waals surface area (Å²) in [6.45, 7) is 2.98. The van der Waals surface area contributed by atoms with Crippen LogP contribution in [-0.4, -0.2) is 6.61 Å². The van der Waals surface area contributed by atoms with Gasteiger partial charge in [-0.15, -0.1) is 0 Å². The average Bonchev–Trinajstić information content (AvgIpc) is 2.52. The quantitative estimate of drug-likeness (QED) is 0.621. The molecule has 0 spiro atoms. The standard InChI is InChI=1S/C19H22O/c1-2-3-16-20-19(18-12-8-5-9-13-18)15-14-17-10-6-4-7-11-17/h4-15,19H,2-3,16H2,1H3/b15-14+. The third-order valence-electron chi connectivity index (χ3n) is 3.19. The zero-order valence-electron chi connectivity index (χ0n) is 12.0. The Morgan fingerprint density at radius 2 is 1.60 bits per heavy atom. The molecule has 0 heterocycles. The number of hydrogen-bond donors (Lipinski definition) is 0. The zero-order chi connectivity index (χ0) is 14.0. The number of benzene rings is 2. The lowest BCUT2D eigenvalue weighted by Crippen LogP contribution is -2.02. The Morgan fingerprint density at radius 1 is 0.950 bits per heavy atom. The first kappa shape index (κ1) is 14.5. The minimum Gasteiger partial charge on any atom is -0.369 e. The van der Waals surface area contributed by atoms with Gasteiger partial charge in [0.05, 0.1) is 0 Å². The molecule has 0 aliphatic rings. The number of hydrogen-bond acceptors (Lipinski definition) is 1. The van der Waals surface area contributed by atoms with Crippen LogP contribution in [0.5, 0.6) is 0 Å². The lowest BCUT2D eigenvalue weighted by atomic mass is 10.1. The van der Waals surface area contributed by atoms with Gasteiger partial charge in [-0.25, -0.2) is 0 Å². The molecule has 0 aliphatic carbocycles. The predicted molar refractivity (Wildman–Crippen MR) is 85.5 cm³/mol. The van der Waals surface area contributed by atoms with E-state index in [-0.39, 0.29) is 6.10 Å². The van der Waals surface area contributed by atoms with Crippen molar-refractivity contribution in [1.29, 1.82) is 0 Å². The number of ether oxygens (including phenoxy) is 1. The van der Waals surface area contributed by atoms with Crippen molar-refractivity contribution >= 4 is 6.08 Å². The molecule has 0 fully saturated rings. The molecule has 1 atom stereocenters. The third-order valence-corrected chi connectivity index (χ3v) is 3.19. The van der Waals surface area contributed by atoms with Crippen LogP contribution in [-0.2, 0) is 4.74 Å². The van der Waals surface area contributed by atoms with Crippen LogP contribution < -0.4 is 0 Å². The molecule has 0 bridgehead atoms. The Bertz CT molecular complexity index is 502. The highest BCUT2D eigenvalue weighted by Gasteiger charge is 2.07. The first-order valence-electron chi connectivity index (χ1n) is 7.30. The van der Waals surface area contributed by atoms with E-state index in [0.29, 0.717) is 0 Å². The Kier molecular flexibility index (Phi) is 6.07. The summed E-state index contributed by atoms with van der Waals surface area (Å²) in [6.07, 6.45) is 6.55. The minimum absolute atomic E-state index is 0.0305. The van der Waals surface area contributed by atoms with Crippen molar-refractivity contribution in [3.05, 3.63) is 77.9 Å². The van der Waals surface area contributed by atoms with E-state index in [1.54, 1.807) is 0 Å². The SMILES string of the molecule is CCCCOC(/C=C/c1ccccc1)c1ccccc1. The molecule has 0 amide bonds. The highest BCUT2D eigenvalue weighted by Crippen LogP contribution is 2.20. The summed E-state index contributed by atoms with van der Waals surface area (Å²) in [6, 6.07) is 20.7. The van der Waals surface area contributed by atoms with Gasteiger partial charge in [0.1, 0.15) is 6.10 Å². The third kappa shape index (κ3) is 4.67. The molecule has 0 aromatic heterocycles. The highest BCUT2D eigenvalue weighted by molar-refractivity contribution is 5.50. The first-order valence-corrected chi connectivity index (χ1v) is 7.30. The maximum atomic E-state index is 6.00. The van der Waals surface area contributed by atoms with E-state index in [2.05, 4.69) is 67.6 Å². The van der Waals surface area contributed by atoms with Crippen molar-refractivity contribution in [2.24, 2.45) is 0 Å². The lowest BCUT2D eigenvalue weighted by Gasteiger charge is -2.14. The maximum Gasteiger partial charge on any atom is 0.101 e. The molecular weight excluding hydrogens is 244 g/mol. The zero-order valence-corrected chi connectivity index (χ0v) is 12.0. The van der Waals surface area contributed by atoms with Crippen molar-refractivity contribution in [2.45, 2.75) is 25.9 Å². The monoisotopic (exact) mass is 266 g/mol. The van der Waals surface area contributed by atoms with Crippen molar-refractivity contribution in [2.75, 3.05) is 6.61 Å². The Balaban J connectivity index is 2.08. The van der Waals surface area contributed by atoms with Gasteiger partial charge in [0, 0.05) is 6.61 Å². The van der Waals surface area contributed by atoms with E-state index in [0.717, 1.165) is 19.4 Å². The molecule has 1 nitrogen and oxygen atoms in total. The Morgan fingerprint density at radius 3 is 2.25 bits per heavy atom. The molecule has 104 valence electrons. The Labute approximate surface area is 121 Å². The largest absolute Gasteiger partial charge is 0.369 e. The van der Waals surface area contributed by atoms with Crippen LogP contribution in [0.3, 0.4) is 0 Å². The minimum atomic E-state index is 0.0305. The van der Waals surface area contributed by atoms with Crippen LogP contribution in [0.2, 0.25) is 0 Å². The van der Waals surface area contributed by atoms with Crippen LogP contribution in [0, 0.1) is 0 Å². The second kappa shape index (κ2) is 8.34. The van der Waals surface area contributed by atoms with E-state index in [9.17, 15) is 0 Å². The summed E-state index contributed by atoms with van der Waals surface area (Å²) in [7, 11) is 0. The van der Waals surface area contributed by atoms with Gasteiger partial charge < -0.3 is 4.74 Å². The maximum absolute atomic E-state index is 6.00. The van der Waals surface area contributed by atoms with Crippen LogP contribution in [0.25, 0.3) is 6.08 Å². The fourth-order valence-corrected chi connectivity index (χ4v) is 2.02. The molecule has 2 aromatic rings. The summed E-state index contributed by atoms with van der Waals surface area (Å²) in [5.74, 6) is 0. The van der Waals surface area contributed by atoms with Crippen molar-refractivity contribution in [1.82, 2.24) is 0 Å². The molecule has 2 aromatic carbocycles. The molecule has 0 saturated heterocycles. The first-order chi connectivity index (χ1) is 9.90. The normalized spacial score (nSPS) is 12.7. The van der Waals surface area contributed by atoms with Gasteiger partial charge in [-0.1, -0.05) is 86.2 Å². The molecule has 2 rings (SSSR count). The van der Waals surface area contributed by atoms with Crippen molar-refractivity contribution < 1.29 is 4.74 Å². The summed E-state index contributed by atoms with van der Waals surface area (Å²) in [5, 5.41) is 0. The fourth-order valence-electron chi connectivity index (χ4n) is 2.02. The lowest BCUT2D eigenvalue weighted by molar-refractivity contribution is 0.0835. The van der Waals surface area contributed by atoms with Crippen LogP contribution in [0.15, 0.2) is 66.7 Å². The van der Waals surface area contributed by atoms with E-state index < -0.39 is 0 Å². The molecule has 1 unspecified atom stereocenters. The van der Waals surface area contributed by atoms with Crippen LogP contribution >= 0.6 is 0 Å². The summed E-state index contributed by atoms with van der Waals surface area (Å²) < 4.78 is 6.00. The van der Waals surface area contributed by atoms with E-state index in [1.165, 1.54) is 11.1 Å². The summed E-state index contributed by atoms with van der Waals surface area (Å²) in [4.78, 5) is 0. The van der Waals surface area contributed by atoms with Gasteiger partial charge in [0.2, 0.25) is 0 Å². The second-order valence-corrected chi connectivity index (χ2v) is 4.83. The summed E-state index contributed by atoms with van der Waals surface area (Å²) in [5.41, 5.74) is 2.41. The molecule has 0 N–H and O–H groups in total. The predicted octanol–water partition coefficient (Wildman–Crippen LogP) is 5.26. The number of rotatable bonds is 7. The van der Waals surface area contributed by atoms with Crippen LogP contribution in [0.4, 0.5) is 0 Å². The van der Waals surface area contributed by atoms with E-state index in [4.69, 9.17) is 4.74 Å². The smallest absolute Gasteiger partial charge is 0.101 e. The van der Waals surface area contributed by atoms with Gasteiger partial charge in [-0.3, -0.25) is 0 Å². The molecule has 0 saturated carbocycles. The second-order valence-electron chi connectivity index (χ2n) is 4.83. The summed E-state index contributed by atoms with van der Waals surface area (Å²) >= 11 is 0. The van der Waals surface area contributed by atoms with Gasteiger partial charge in [-0.2, -0.15) is 0 Å². The molecular formula is C19H22O. The molecule has 0 radical (unpaired) electrons. The molecule has 0 aliphatic heterocycles. The fraction of sp³-hybridized carbons (Fsp3) is 0.263. The van der Waals surface area contributed by atoms with E-state index in [1.807, 2.05) is 12.1 Å². The van der Waals surface area contributed by atoms with Crippen LogP contribution in [0.1, 0.15) is 37.0 Å².